The van der Waals surface area contributed by atoms with Crippen molar-refractivity contribution in [3.05, 3.63) is 52.1 Å². The molecule has 0 radical (unpaired) electrons. The molecule has 0 atom stereocenters. The molecule has 0 unspecified atom stereocenters. The fourth-order valence-electron chi connectivity index (χ4n) is 1.77. The van der Waals surface area contributed by atoms with Crippen LogP contribution in [0.15, 0.2) is 36.4 Å². The maximum atomic E-state index is 11.4. The molecule has 0 spiro atoms. The van der Waals surface area contributed by atoms with Crippen molar-refractivity contribution in [2.75, 3.05) is 0 Å². The van der Waals surface area contributed by atoms with Gasteiger partial charge in [-0.25, -0.2) is 0 Å². The molecule has 80 valence electrons. The van der Waals surface area contributed by atoms with E-state index in [-0.39, 0.29) is 11.5 Å². The van der Waals surface area contributed by atoms with E-state index < -0.39 is 4.92 Å². The first-order valence-corrected chi connectivity index (χ1v) is 4.78. The number of Topliss-reactive ketones (excluding diaryl/α,β-unsaturated/α-hetero) is 1. The lowest BCUT2D eigenvalue weighted by Gasteiger charge is -2.03. The van der Waals surface area contributed by atoms with Crippen LogP contribution in [0.5, 0.6) is 0 Å². The van der Waals surface area contributed by atoms with Gasteiger partial charge in [0.05, 0.1) is 10.3 Å². The maximum absolute atomic E-state index is 11.4. The monoisotopic (exact) mass is 215 g/mol. The van der Waals surface area contributed by atoms with E-state index >= 15 is 0 Å². The van der Waals surface area contributed by atoms with Crippen molar-refractivity contribution in [3.8, 4) is 0 Å². The van der Waals surface area contributed by atoms with E-state index in [1.54, 1.807) is 30.3 Å². The van der Waals surface area contributed by atoms with Gasteiger partial charge in [-0.15, -0.1) is 0 Å². The predicted octanol–water partition coefficient (Wildman–Crippen LogP) is 2.95. The van der Waals surface area contributed by atoms with E-state index in [2.05, 4.69) is 0 Å². The molecular weight excluding hydrogens is 206 g/mol. The van der Waals surface area contributed by atoms with Crippen LogP contribution in [-0.2, 0) is 0 Å². The van der Waals surface area contributed by atoms with Crippen LogP contribution in [0.25, 0.3) is 10.8 Å². The average molecular weight is 215 g/mol. The second-order valence-corrected chi connectivity index (χ2v) is 3.49. The highest BCUT2D eigenvalue weighted by atomic mass is 16.6. The second kappa shape index (κ2) is 3.73. The lowest BCUT2D eigenvalue weighted by atomic mass is 10.0. The highest BCUT2D eigenvalue weighted by Gasteiger charge is 2.16. The Balaban J connectivity index is 2.92. The zero-order valence-corrected chi connectivity index (χ0v) is 8.64. The van der Waals surface area contributed by atoms with Gasteiger partial charge in [0.25, 0.3) is 5.69 Å². The molecule has 0 saturated carbocycles. The molecule has 4 nitrogen and oxygen atoms in total. The molecule has 2 aromatic carbocycles. The fraction of sp³-hybridized carbons (Fsp3) is 0.0833. The number of nitrogens with zero attached hydrogens (tertiary/aromatic N) is 1. The van der Waals surface area contributed by atoms with Gasteiger partial charge < -0.3 is 0 Å². The number of ketones is 1. The van der Waals surface area contributed by atoms with Crippen molar-refractivity contribution in [1.82, 2.24) is 0 Å². The summed E-state index contributed by atoms with van der Waals surface area (Å²) in [6.45, 7) is 1.41. The number of nitro groups is 1. The SMILES string of the molecule is CC(=O)c1cccc2cccc([N+](=O)[O-])c12. The van der Waals surface area contributed by atoms with Crippen LogP contribution < -0.4 is 0 Å². The van der Waals surface area contributed by atoms with Crippen LogP contribution in [0.1, 0.15) is 17.3 Å². The number of hydrogen-bond donors (Lipinski definition) is 0. The highest BCUT2D eigenvalue weighted by molar-refractivity contribution is 6.10. The predicted molar refractivity (Wildman–Crippen MR) is 60.6 cm³/mol. The van der Waals surface area contributed by atoms with Gasteiger partial charge in [-0.3, -0.25) is 14.9 Å². The van der Waals surface area contributed by atoms with Crippen molar-refractivity contribution in [1.29, 1.82) is 0 Å². The lowest BCUT2D eigenvalue weighted by Crippen LogP contribution is -1.97. The first-order valence-electron chi connectivity index (χ1n) is 4.78. The van der Waals surface area contributed by atoms with Gasteiger partial charge in [-0.05, 0) is 12.3 Å². The minimum atomic E-state index is -0.464. The van der Waals surface area contributed by atoms with Crippen LogP contribution in [0.2, 0.25) is 0 Å². The lowest BCUT2D eigenvalue weighted by molar-refractivity contribution is -0.383. The fourth-order valence-corrected chi connectivity index (χ4v) is 1.77. The average Bonchev–Trinajstić information content (AvgIpc) is 2.27. The van der Waals surface area contributed by atoms with Crippen molar-refractivity contribution in [3.63, 3.8) is 0 Å². The summed E-state index contributed by atoms with van der Waals surface area (Å²) in [5.74, 6) is -0.167. The van der Waals surface area contributed by atoms with Crippen LogP contribution in [0.4, 0.5) is 5.69 Å². The first-order chi connectivity index (χ1) is 7.61. The summed E-state index contributed by atoms with van der Waals surface area (Å²) >= 11 is 0. The minimum Gasteiger partial charge on any atom is -0.294 e. The molecule has 0 aliphatic heterocycles. The largest absolute Gasteiger partial charge is 0.294 e. The van der Waals surface area contributed by atoms with Crippen LogP contribution >= 0.6 is 0 Å². The number of benzene rings is 2. The molecule has 2 aromatic rings. The van der Waals surface area contributed by atoms with Gasteiger partial charge in [-0.1, -0.05) is 30.3 Å². The Morgan fingerprint density at radius 3 is 2.38 bits per heavy atom. The van der Waals surface area contributed by atoms with Crippen molar-refractivity contribution in [2.45, 2.75) is 6.92 Å². The summed E-state index contributed by atoms with van der Waals surface area (Å²) in [6.07, 6.45) is 0. The Labute approximate surface area is 91.7 Å². The quantitative estimate of drug-likeness (QED) is 0.439. The number of fused-ring (bicyclic) bond motifs is 1. The standard InChI is InChI=1S/C12H9NO3/c1-8(14)10-6-2-4-9-5-3-7-11(12(9)10)13(15)16/h2-7H,1H3. The first kappa shape index (κ1) is 10.3. The molecule has 0 bridgehead atoms. The van der Waals surface area contributed by atoms with E-state index in [1.165, 1.54) is 13.0 Å². The molecule has 4 heteroatoms. The van der Waals surface area contributed by atoms with Gasteiger partial charge in [-0.2, -0.15) is 0 Å². The van der Waals surface area contributed by atoms with Crippen molar-refractivity contribution >= 4 is 22.2 Å². The van der Waals surface area contributed by atoms with Gasteiger partial charge in [0, 0.05) is 11.6 Å². The van der Waals surface area contributed by atoms with Gasteiger partial charge in [0.1, 0.15) is 0 Å². The molecule has 0 saturated heterocycles. The van der Waals surface area contributed by atoms with Crippen LogP contribution in [0.3, 0.4) is 0 Å². The molecule has 0 aromatic heterocycles. The summed E-state index contributed by atoms with van der Waals surface area (Å²) in [6, 6.07) is 9.88. The van der Waals surface area contributed by atoms with E-state index in [9.17, 15) is 14.9 Å². The topological polar surface area (TPSA) is 60.2 Å². The minimum absolute atomic E-state index is 0.0247. The zero-order chi connectivity index (χ0) is 11.7. The molecule has 0 fully saturated rings. The maximum Gasteiger partial charge on any atom is 0.277 e. The number of hydrogen-bond acceptors (Lipinski definition) is 3. The third-order valence-corrected chi connectivity index (χ3v) is 2.46. The highest BCUT2D eigenvalue weighted by Crippen LogP contribution is 2.28. The molecule has 0 aliphatic rings. The third kappa shape index (κ3) is 1.54. The Hall–Kier alpha value is -2.23. The summed E-state index contributed by atoms with van der Waals surface area (Å²) in [4.78, 5) is 21.8. The third-order valence-electron chi connectivity index (χ3n) is 2.46. The van der Waals surface area contributed by atoms with Crippen molar-refractivity contribution < 1.29 is 9.72 Å². The van der Waals surface area contributed by atoms with E-state index in [0.717, 1.165) is 0 Å². The summed E-state index contributed by atoms with van der Waals surface area (Å²) in [7, 11) is 0. The number of rotatable bonds is 2. The molecular formula is C12H9NO3. The molecule has 2 rings (SSSR count). The van der Waals surface area contributed by atoms with E-state index in [0.29, 0.717) is 16.3 Å². The van der Waals surface area contributed by atoms with Gasteiger partial charge >= 0.3 is 0 Å². The van der Waals surface area contributed by atoms with Gasteiger partial charge in [0.2, 0.25) is 0 Å². The number of carbonyl (C=O) groups excluding carboxylic acids is 1. The number of carbonyl (C=O) groups is 1. The summed E-state index contributed by atoms with van der Waals surface area (Å²) < 4.78 is 0. The number of nitro benzene ring substituents is 1. The summed E-state index contributed by atoms with van der Waals surface area (Å²) in [5, 5.41) is 12.0. The Morgan fingerprint density at radius 2 is 1.81 bits per heavy atom. The molecule has 0 heterocycles. The zero-order valence-electron chi connectivity index (χ0n) is 8.64. The number of non-ortho nitro benzene ring substituents is 1. The van der Waals surface area contributed by atoms with Gasteiger partial charge in [0.15, 0.2) is 5.78 Å². The molecule has 0 N–H and O–H groups in total. The molecule has 0 amide bonds. The molecule has 16 heavy (non-hydrogen) atoms. The second-order valence-electron chi connectivity index (χ2n) is 3.49. The normalized spacial score (nSPS) is 10.3. The smallest absolute Gasteiger partial charge is 0.277 e. The van der Waals surface area contributed by atoms with Crippen LogP contribution in [0, 0.1) is 10.1 Å². The van der Waals surface area contributed by atoms with E-state index in [4.69, 9.17) is 0 Å². The Kier molecular flexibility index (Phi) is 2.40. The van der Waals surface area contributed by atoms with E-state index in [1.807, 2.05) is 0 Å². The summed E-state index contributed by atoms with van der Waals surface area (Å²) in [5.41, 5.74) is 0.369. The molecule has 0 aliphatic carbocycles. The van der Waals surface area contributed by atoms with Crippen LogP contribution in [-0.4, -0.2) is 10.7 Å². The Morgan fingerprint density at radius 1 is 1.19 bits per heavy atom. The Bertz CT molecular complexity index is 541. The van der Waals surface area contributed by atoms with Crippen molar-refractivity contribution in [2.24, 2.45) is 0 Å².